The highest BCUT2D eigenvalue weighted by molar-refractivity contribution is 7.89. The second kappa shape index (κ2) is 8.79. The van der Waals surface area contributed by atoms with Crippen molar-refractivity contribution >= 4 is 15.7 Å². The molecule has 0 bridgehead atoms. The first kappa shape index (κ1) is 20.4. The second-order valence-electron chi connectivity index (χ2n) is 6.33. The Morgan fingerprint density at radius 2 is 1.21 bits per heavy atom. The summed E-state index contributed by atoms with van der Waals surface area (Å²) in [5.41, 5.74) is 2.93. The summed E-state index contributed by atoms with van der Waals surface area (Å²) in [6, 6.07) is 21.0. The quantitative estimate of drug-likeness (QED) is 0.475. The van der Waals surface area contributed by atoms with Gasteiger partial charge in [0.25, 0.3) is 10.0 Å². The first-order valence-electron chi connectivity index (χ1n) is 8.88. The molecule has 0 aromatic heterocycles. The van der Waals surface area contributed by atoms with Gasteiger partial charge in [-0.15, -0.1) is 0 Å². The van der Waals surface area contributed by atoms with Gasteiger partial charge in [-0.25, -0.2) is 0 Å². The molecule has 150 valence electrons. The maximum absolute atomic E-state index is 12.7. The number of ether oxygens (including phenoxy) is 2. The average Bonchev–Trinajstić information content (AvgIpc) is 2.75. The Kier molecular flexibility index (Phi) is 6.19. The van der Waals surface area contributed by atoms with Crippen LogP contribution < -0.4 is 14.3 Å². The van der Waals surface area contributed by atoms with E-state index in [1.807, 2.05) is 31.2 Å². The summed E-state index contributed by atoms with van der Waals surface area (Å²) < 4.78 is 35.7. The number of benzene rings is 3. The minimum Gasteiger partial charge on any atom is -0.497 e. The molecule has 0 fully saturated rings. The Morgan fingerprint density at radius 3 is 1.62 bits per heavy atom. The van der Waals surface area contributed by atoms with Crippen LogP contribution in [0.4, 0.5) is 0 Å². The molecule has 0 aliphatic carbocycles. The van der Waals surface area contributed by atoms with Gasteiger partial charge in [0.05, 0.1) is 24.8 Å². The smallest absolute Gasteiger partial charge is 0.276 e. The lowest BCUT2D eigenvalue weighted by molar-refractivity contribution is 0.414. The van der Waals surface area contributed by atoms with Crippen molar-refractivity contribution in [2.24, 2.45) is 5.10 Å². The third-order valence-electron chi connectivity index (χ3n) is 4.34. The SMILES string of the molecule is COc1ccc(C(=NNS(=O)(=O)c2ccc(C)cc2)c2ccc(OC)cc2)cc1. The van der Waals surface area contributed by atoms with Gasteiger partial charge in [-0.05, 0) is 67.6 Å². The Balaban J connectivity index is 1.99. The molecule has 3 rings (SSSR count). The molecule has 0 amide bonds. The highest BCUT2D eigenvalue weighted by Crippen LogP contribution is 2.19. The molecule has 3 aromatic carbocycles. The topological polar surface area (TPSA) is 77.0 Å². The molecule has 0 atom stereocenters. The zero-order valence-corrected chi connectivity index (χ0v) is 17.2. The third kappa shape index (κ3) is 4.94. The number of hydrazone groups is 1. The van der Waals surface area contributed by atoms with Gasteiger partial charge in [-0.3, -0.25) is 0 Å². The third-order valence-corrected chi connectivity index (χ3v) is 5.56. The standard InChI is InChI=1S/C22H22N2O4S/c1-16-4-14-21(15-5-16)29(25,26)24-23-22(17-6-10-19(27-2)11-7-17)18-8-12-20(28-3)13-9-18/h4-15,24H,1-3H3. The van der Waals surface area contributed by atoms with Gasteiger partial charge in [0.15, 0.2) is 0 Å². The Morgan fingerprint density at radius 1 is 0.759 bits per heavy atom. The Bertz CT molecular complexity index is 1040. The van der Waals surface area contributed by atoms with Crippen molar-refractivity contribution in [3.63, 3.8) is 0 Å². The molecule has 0 spiro atoms. The maximum Gasteiger partial charge on any atom is 0.276 e. The number of methoxy groups -OCH3 is 2. The van der Waals surface area contributed by atoms with E-state index < -0.39 is 10.0 Å². The molecule has 0 aliphatic rings. The van der Waals surface area contributed by atoms with Gasteiger partial charge < -0.3 is 9.47 Å². The predicted molar refractivity (Wildman–Crippen MR) is 113 cm³/mol. The largest absolute Gasteiger partial charge is 0.497 e. The molecule has 29 heavy (non-hydrogen) atoms. The summed E-state index contributed by atoms with van der Waals surface area (Å²) >= 11 is 0. The van der Waals surface area contributed by atoms with Crippen LogP contribution in [-0.4, -0.2) is 28.3 Å². The summed E-state index contributed by atoms with van der Waals surface area (Å²) in [5.74, 6) is 1.39. The van der Waals surface area contributed by atoms with E-state index in [9.17, 15) is 8.42 Å². The highest BCUT2D eigenvalue weighted by Gasteiger charge is 2.15. The lowest BCUT2D eigenvalue weighted by Crippen LogP contribution is -2.21. The molecule has 3 aromatic rings. The van der Waals surface area contributed by atoms with Crippen molar-refractivity contribution in [2.45, 2.75) is 11.8 Å². The monoisotopic (exact) mass is 410 g/mol. The summed E-state index contributed by atoms with van der Waals surface area (Å²) in [5, 5.41) is 4.24. The van der Waals surface area contributed by atoms with Crippen molar-refractivity contribution in [3.05, 3.63) is 89.5 Å². The van der Waals surface area contributed by atoms with E-state index in [4.69, 9.17) is 9.47 Å². The molecular weight excluding hydrogens is 388 g/mol. The summed E-state index contributed by atoms with van der Waals surface area (Å²) in [7, 11) is -0.628. The number of nitrogens with one attached hydrogen (secondary N) is 1. The maximum atomic E-state index is 12.7. The van der Waals surface area contributed by atoms with E-state index in [-0.39, 0.29) is 4.90 Å². The molecule has 0 saturated carbocycles. The molecule has 0 saturated heterocycles. The normalized spacial score (nSPS) is 10.9. The lowest BCUT2D eigenvalue weighted by atomic mass is 10.0. The van der Waals surface area contributed by atoms with Gasteiger partial charge >= 0.3 is 0 Å². The van der Waals surface area contributed by atoms with Crippen LogP contribution in [0.2, 0.25) is 0 Å². The molecule has 1 N–H and O–H groups in total. The minimum atomic E-state index is -3.80. The lowest BCUT2D eigenvalue weighted by Gasteiger charge is -2.11. The number of nitrogens with zero attached hydrogens (tertiary/aromatic N) is 1. The van der Waals surface area contributed by atoms with Crippen LogP contribution in [0.15, 0.2) is 82.8 Å². The van der Waals surface area contributed by atoms with E-state index in [1.54, 1.807) is 62.8 Å². The van der Waals surface area contributed by atoms with E-state index in [0.29, 0.717) is 17.2 Å². The molecule has 6 nitrogen and oxygen atoms in total. The van der Waals surface area contributed by atoms with E-state index in [0.717, 1.165) is 16.7 Å². The van der Waals surface area contributed by atoms with Crippen LogP contribution in [0, 0.1) is 6.92 Å². The summed E-state index contributed by atoms with van der Waals surface area (Å²) in [6.45, 7) is 1.90. The van der Waals surface area contributed by atoms with Crippen molar-refractivity contribution in [3.8, 4) is 11.5 Å². The highest BCUT2D eigenvalue weighted by atomic mass is 32.2. The van der Waals surface area contributed by atoms with Crippen molar-refractivity contribution < 1.29 is 17.9 Å². The number of rotatable bonds is 7. The summed E-state index contributed by atoms with van der Waals surface area (Å²) in [4.78, 5) is 2.50. The molecule has 0 aliphatic heterocycles. The average molecular weight is 410 g/mol. The van der Waals surface area contributed by atoms with Crippen LogP contribution in [0.1, 0.15) is 16.7 Å². The summed E-state index contributed by atoms with van der Waals surface area (Å²) in [6.07, 6.45) is 0. The van der Waals surface area contributed by atoms with Crippen LogP contribution in [-0.2, 0) is 10.0 Å². The zero-order chi connectivity index (χ0) is 20.9. The van der Waals surface area contributed by atoms with Crippen LogP contribution in [0.5, 0.6) is 11.5 Å². The second-order valence-corrected chi connectivity index (χ2v) is 7.99. The van der Waals surface area contributed by atoms with Crippen LogP contribution >= 0.6 is 0 Å². The predicted octanol–water partition coefficient (Wildman–Crippen LogP) is 3.74. The first-order chi connectivity index (χ1) is 13.9. The Hall–Kier alpha value is -3.32. The molecule has 7 heteroatoms. The molecule has 0 radical (unpaired) electrons. The number of hydrogen-bond donors (Lipinski definition) is 1. The Labute approximate surface area is 170 Å². The fourth-order valence-electron chi connectivity index (χ4n) is 2.67. The van der Waals surface area contributed by atoms with Crippen molar-refractivity contribution in [1.82, 2.24) is 4.83 Å². The van der Waals surface area contributed by atoms with Gasteiger partial charge in [-0.1, -0.05) is 17.7 Å². The van der Waals surface area contributed by atoms with Crippen LogP contribution in [0.3, 0.4) is 0 Å². The van der Waals surface area contributed by atoms with E-state index in [1.165, 1.54) is 0 Å². The van der Waals surface area contributed by atoms with Gasteiger partial charge in [-0.2, -0.15) is 18.4 Å². The van der Waals surface area contributed by atoms with Crippen molar-refractivity contribution in [1.29, 1.82) is 0 Å². The number of sulfonamides is 1. The van der Waals surface area contributed by atoms with Crippen LogP contribution in [0.25, 0.3) is 0 Å². The first-order valence-corrected chi connectivity index (χ1v) is 10.4. The number of aryl methyl sites for hydroxylation is 1. The molecule has 0 heterocycles. The van der Waals surface area contributed by atoms with Gasteiger partial charge in [0, 0.05) is 11.1 Å². The van der Waals surface area contributed by atoms with Gasteiger partial charge in [0.1, 0.15) is 11.5 Å². The molecule has 0 unspecified atom stereocenters. The fourth-order valence-corrected chi connectivity index (χ4v) is 3.48. The van der Waals surface area contributed by atoms with E-state index >= 15 is 0 Å². The zero-order valence-electron chi connectivity index (χ0n) is 16.4. The van der Waals surface area contributed by atoms with Gasteiger partial charge in [0.2, 0.25) is 0 Å². The van der Waals surface area contributed by atoms with Crippen molar-refractivity contribution in [2.75, 3.05) is 14.2 Å². The molecular formula is C22H22N2O4S. The van der Waals surface area contributed by atoms with E-state index in [2.05, 4.69) is 9.93 Å². The number of hydrogen-bond acceptors (Lipinski definition) is 5. The fraction of sp³-hybridized carbons (Fsp3) is 0.136. The minimum absolute atomic E-state index is 0.149.